The van der Waals surface area contributed by atoms with E-state index in [9.17, 15) is 9.59 Å². The lowest BCUT2D eigenvalue weighted by molar-refractivity contribution is -0.119. The highest BCUT2D eigenvalue weighted by molar-refractivity contribution is 5.80. The van der Waals surface area contributed by atoms with Gasteiger partial charge in [0.2, 0.25) is 0 Å². The molecule has 1 atom stereocenters. The SMILES string of the molecule is CC1CC(=O)CCCN1C(=O)OCc1ccccc1. The minimum absolute atomic E-state index is 0.0710. The monoisotopic (exact) mass is 261 g/mol. The summed E-state index contributed by atoms with van der Waals surface area (Å²) in [5.41, 5.74) is 0.967. The number of hydrogen-bond acceptors (Lipinski definition) is 3. The van der Waals surface area contributed by atoms with Gasteiger partial charge in [-0.15, -0.1) is 0 Å². The first kappa shape index (κ1) is 13.6. The summed E-state index contributed by atoms with van der Waals surface area (Å²) in [7, 11) is 0. The van der Waals surface area contributed by atoms with Gasteiger partial charge in [-0.2, -0.15) is 0 Å². The average Bonchev–Trinajstić information content (AvgIpc) is 2.58. The Labute approximate surface area is 113 Å². The minimum Gasteiger partial charge on any atom is -0.445 e. The van der Waals surface area contributed by atoms with E-state index < -0.39 is 0 Å². The van der Waals surface area contributed by atoms with E-state index >= 15 is 0 Å². The fraction of sp³-hybridized carbons (Fsp3) is 0.467. The minimum atomic E-state index is -0.328. The summed E-state index contributed by atoms with van der Waals surface area (Å²) in [4.78, 5) is 25.2. The molecule has 1 aliphatic rings. The molecule has 0 aliphatic carbocycles. The topological polar surface area (TPSA) is 46.6 Å². The van der Waals surface area contributed by atoms with E-state index in [0.717, 1.165) is 12.0 Å². The van der Waals surface area contributed by atoms with Gasteiger partial charge in [-0.1, -0.05) is 30.3 Å². The Kier molecular flexibility index (Phi) is 4.55. The van der Waals surface area contributed by atoms with Gasteiger partial charge in [0.15, 0.2) is 0 Å². The summed E-state index contributed by atoms with van der Waals surface area (Å²) < 4.78 is 5.30. The van der Waals surface area contributed by atoms with Crippen molar-refractivity contribution in [3.8, 4) is 0 Å². The summed E-state index contributed by atoms with van der Waals surface area (Å²) in [5, 5.41) is 0. The van der Waals surface area contributed by atoms with Crippen LogP contribution in [0.15, 0.2) is 30.3 Å². The van der Waals surface area contributed by atoms with Crippen LogP contribution in [0.1, 0.15) is 31.7 Å². The Morgan fingerprint density at radius 3 is 2.84 bits per heavy atom. The maximum atomic E-state index is 12.0. The molecule has 19 heavy (non-hydrogen) atoms. The molecule has 0 spiro atoms. The molecular formula is C15H19NO3. The van der Waals surface area contributed by atoms with Crippen molar-refractivity contribution >= 4 is 11.9 Å². The predicted molar refractivity (Wildman–Crippen MR) is 71.7 cm³/mol. The van der Waals surface area contributed by atoms with Crippen LogP contribution in [0.5, 0.6) is 0 Å². The van der Waals surface area contributed by atoms with Gasteiger partial charge in [-0.3, -0.25) is 4.79 Å². The van der Waals surface area contributed by atoms with E-state index in [1.165, 1.54) is 0 Å². The molecule has 1 fully saturated rings. The van der Waals surface area contributed by atoms with Crippen molar-refractivity contribution < 1.29 is 14.3 Å². The normalized spacial score (nSPS) is 19.9. The highest BCUT2D eigenvalue weighted by Gasteiger charge is 2.26. The van der Waals surface area contributed by atoms with Gasteiger partial charge >= 0.3 is 6.09 Å². The summed E-state index contributed by atoms with van der Waals surface area (Å²) in [6.45, 7) is 2.77. The van der Waals surface area contributed by atoms with Crippen LogP contribution in [-0.2, 0) is 16.1 Å². The van der Waals surface area contributed by atoms with E-state index in [4.69, 9.17) is 4.74 Å². The Morgan fingerprint density at radius 2 is 2.11 bits per heavy atom. The Hall–Kier alpha value is -1.84. The number of carbonyl (C=O) groups excluding carboxylic acids is 2. The number of ketones is 1. The zero-order chi connectivity index (χ0) is 13.7. The maximum absolute atomic E-state index is 12.0. The van der Waals surface area contributed by atoms with Crippen molar-refractivity contribution in [1.82, 2.24) is 4.90 Å². The third-order valence-corrected chi connectivity index (χ3v) is 3.35. The number of nitrogens with zero attached hydrogens (tertiary/aromatic N) is 1. The summed E-state index contributed by atoms with van der Waals surface area (Å²) in [6.07, 6.45) is 1.39. The third kappa shape index (κ3) is 3.81. The van der Waals surface area contributed by atoms with E-state index in [1.54, 1.807) is 4.90 Å². The van der Waals surface area contributed by atoms with Gasteiger partial charge < -0.3 is 9.64 Å². The molecule has 0 bridgehead atoms. The van der Waals surface area contributed by atoms with Crippen molar-refractivity contribution in [2.75, 3.05) is 6.54 Å². The molecular weight excluding hydrogens is 242 g/mol. The van der Waals surface area contributed by atoms with E-state index in [2.05, 4.69) is 0 Å². The smallest absolute Gasteiger partial charge is 0.410 e. The maximum Gasteiger partial charge on any atom is 0.410 e. The molecule has 1 heterocycles. The molecule has 1 amide bonds. The molecule has 0 aromatic heterocycles. The zero-order valence-corrected chi connectivity index (χ0v) is 11.2. The largest absolute Gasteiger partial charge is 0.445 e. The number of likely N-dealkylation sites (tertiary alicyclic amines) is 1. The van der Waals surface area contributed by atoms with Crippen LogP contribution in [0.3, 0.4) is 0 Å². The van der Waals surface area contributed by atoms with E-state index in [1.807, 2.05) is 37.3 Å². The van der Waals surface area contributed by atoms with Gasteiger partial charge in [0.05, 0.1) is 0 Å². The van der Waals surface area contributed by atoms with Crippen LogP contribution >= 0.6 is 0 Å². The van der Waals surface area contributed by atoms with E-state index in [-0.39, 0.29) is 24.5 Å². The lowest BCUT2D eigenvalue weighted by Gasteiger charge is -2.25. The number of ether oxygens (including phenoxy) is 1. The molecule has 4 heteroatoms. The molecule has 1 aromatic rings. The average molecular weight is 261 g/mol. The number of rotatable bonds is 2. The van der Waals surface area contributed by atoms with Crippen molar-refractivity contribution in [3.05, 3.63) is 35.9 Å². The van der Waals surface area contributed by atoms with Crippen LogP contribution in [0.2, 0.25) is 0 Å². The van der Waals surface area contributed by atoms with Gasteiger partial charge in [-0.05, 0) is 18.9 Å². The standard InChI is InChI=1S/C15H19NO3/c1-12-10-14(17)8-5-9-16(12)15(18)19-11-13-6-3-2-4-7-13/h2-4,6-7,12H,5,8-11H2,1H3. The quantitative estimate of drug-likeness (QED) is 0.822. The van der Waals surface area contributed by atoms with Crippen molar-refractivity contribution in [2.24, 2.45) is 0 Å². The number of carbonyl (C=O) groups is 2. The Balaban J connectivity index is 1.90. The molecule has 4 nitrogen and oxygen atoms in total. The number of amides is 1. The molecule has 1 aromatic carbocycles. The molecule has 0 radical (unpaired) electrons. The van der Waals surface area contributed by atoms with Gasteiger partial charge in [0, 0.05) is 25.4 Å². The Morgan fingerprint density at radius 1 is 1.37 bits per heavy atom. The van der Waals surface area contributed by atoms with Gasteiger partial charge in [0.1, 0.15) is 12.4 Å². The van der Waals surface area contributed by atoms with Gasteiger partial charge in [0.25, 0.3) is 0 Å². The van der Waals surface area contributed by atoms with Crippen LogP contribution < -0.4 is 0 Å². The molecule has 2 rings (SSSR count). The van der Waals surface area contributed by atoms with Crippen LogP contribution in [0.25, 0.3) is 0 Å². The highest BCUT2D eigenvalue weighted by atomic mass is 16.6. The van der Waals surface area contributed by atoms with Crippen molar-refractivity contribution in [2.45, 2.75) is 38.8 Å². The zero-order valence-electron chi connectivity index (χ0n) is 11.2. The molecule has 0 saturated carbocycles. The lowest BCUT2D eigenvalue weighted by atomic mass is 10.1. The highest BCUT2D eigenvalue weighted by Crippen LogP contribution is 2.15. The fourth-order valence-corrected chi connectivity index (χ4v) is 2.28. The molecule has 1 unspecified atom stereocenters. The molecule has 102 valence electrons. The first-order chi connectivity index (χ1) is 9.16. The summed E-state index contributed by atoms with van der Waals surface area (Å²) in [5.74, 6) is 0.228. The number of benzene rings is 1. The fourth-order valence-electron chi connectivity index (χ4n) is 2.28. The first-order valence-electron chi connectivity index (χ1n) is 6.66. The first-order valence-corrected chi connectivity index (χ1v) is 6.66. The summed E-state index contributed by atoms with van der Waals surface area (Å²) >= 11 is 0. The van der Waals surface area contributed by atoms with Gasteiger partial charge in [-0.25, -0.2) is 4.79 Å². The van der Waals surface area contributed by atoms with E-state index in [0.29, 0.717) is 19.4 Å². The van der Waals surface area contributed by atoms with Crippen LogP contribution in [0.4, 0.5) is 4.79 Å². The summed E-state index contributed by atoms with van der Waals surface area (Å²) in [6, 6.07) is 9.52. The second-order valence-corrected chi connectivity index (χ2v) is 4.93. The molecule has 1 saturated heterocycles. The lowest BCUT2D eigenvalue weighted by Crippen LogP contribution is -2.39. The van der Waals surface area contributed by atoms with Crippen LogP contribution in [0, 0.1) is 0 Å². The second kappa shape index (κ2) is 6.36. The van der Waals surface area contributed by atoms with Crippen molar-refractivity contribution in [3.63, 3.8) is 0 Å². The predicted octanol–water partition coefficient (Wildman–Crippen LogP) is 2.77. The number of Topliss-reactive ketones (excluding diaryl/α,β-unsaturated/α-hetero) is 1. The third-order valence-electron chi connectivity index (χ3n) is 3.35. The Bertz CT molecular complexity index is 444. The number of hydrogen-bond donors (Lipinski definition) is 0. The molecule has 0 N–H and O–H groups in total. The second-order valence-electron chi connectivity index (χ2n) is 4.93. The van der Waals surface area contributed by atoms with Crippen LogP contribution in [-0.4, -0.2) is 29.4 Å². The molecule has 1 aliphatic heterocycles. The van der Waals surface area contributed by atoms with Crippen molar-refractivity contribution in [1.29, 1.82) is 0 Å².